The Balaban J connectivity index is 1.78. The molecule has 6 nitrogen and oxygen atoms in total. The molecular weight excluding hydrogens is 256 g/mol. The Hall–Kier alpha value is -1.56. The second-order valence-electron chi connectivity index (χ2n) is 5.74. The highest BCUT2D eigenvalue weighted by molar-refractivity contribution is 5.68. The number of fused-ring (bicyclic) bond motifs is 1. The number of nitrogens with zero attached hydrogens (tertiary/aromatic N) is 3. The van der Waals surface area contributed by atoms with Crippen LogP contribution in [-0.4, -0.2) is 40.9 Å². The minimum atomic E-state index is -0.177. The van der Waals surface area contributed by atoms with Gasteiger partial charge in [-0.3, -0.25) is 0 Å². The van der Waals surface area contributed by atoms with Gasteiger partial charge in [0, 0.05) is 19.0 Å². The Labute approximate surface area is 119 Å². The number of aliphatic hydroxyl groups is 1. The Bertz CT molecular complexity index is 482. The van der Waals surface area contributed by atoms with Gasteiger partial charge in [0.2, 0.25) is 5.88 Å². The maximum atomic E-state index is 9.99. The van der Waals surface area contributed by atoms with Gasteiger partial charge < -0.3 is 20.5 Å². The molecule has 1 aromatic heterocycles. The lowest BCUT2D eigenvalue weighted by Crippen LogP contribution is -2.26. The van der Waals surface area contributed by atoms with Crippen LogP contribution in [0.25, 0.3) is 0 Å². The number of aliphatic hydroxyl groups excluding tert-OH is 1. The molecule has 3 rings (SSSR count). The summed E-state index contributed by atoms with van der Waals surface area (Å²) in [4.78, 5) is 10.6. The molecule has 1 saturated carbocycles. The van der Waals surface area contributed by atoms with Crippen molar-refractivity contribution in [2.24, 2.45) is 11.8 Å². The van der Waals surface area contributed by atoms with Crippen LogP contribution in [0.5, 0.6) is 5.88 Å². The fraction of sp³-hybridized carbons (Fsp3) is 0.714. The number of hydrogen-bond donors (Lipinski definition) is 2. The standard InChI is InChI=1S/C14H22N4O2/c1-2-5-20-14-12(15)13(16-8-17-14)18-6-9-3-4-11(19)10(9)7-18/h8-11,19H,2-7,15H2,1H3. The Kier molecular flexibility index (Phi) is 3.65. The van der Waals surface area contributed by atoms with Crippen LogP contribution in [0.1, 0.15) is 26.2 Å². The summed E-state index contributed by atoms with van der Waals surface area (Å²) in [6.07, 6.45) is 4.25. The van der Waals surface area contributed by atoms with Gasteiger partial charge in [-0.1, -0.05) is 6.92 Å². The zero-order valence-corrected chi connectivity index (χ0v) is 11.8. The third-order valence-electron chi connectivity index (χ3n) is 4.39. The van der Waals surface area contributed by atoms with E-state index in [1.54, 1.807) is 0 Å². The van der Waals surface area contributed by atoms with E-state index in [4.69, 9.17) is 10.5 Å². The van der Waals surface area contributed by atoms with Gasteiger partial charge >= 0.3 is 0 Å². The molecule has 1 aliphatic heterocycles. The van der Waals surface area contributed by atoms with Crippen LogP contribution in [0, 0.1) is 11.8 Å². The summed E-state index contributed by atoms with van der Waals surface area (Å²) in [7, 11) is 0. The van der Waals surface area contributed by atoms with Crippen molar-refractivity contribution in [2.75, 3.05) is 30.3 Å². The molecule has 20 heavy (non-hydrogen) atoms. The minimum Gasteiger partial charge on any atom is -0.476 e. The first-order valence-corrected chi connectivity index (χ1v) is 7.37. The van der Waals surface area contributed by atoms with Crippen molar-refractivity contribution < 1.29 is 9.84 Å². The molecule has 1 aromatic rings. The second kappa shape index (κ2) is 5.44. The lowest BCUT2D eigenvalue weighted by atomic mass is 10.00. The average Bonchev–Trinajstić information content (AvgIpc) is 3.00. The molecule has 1 aliphatic carbocycles. The van der Waals surface area contributed by atoms with E-state index in [9.17, 15) is 5.11 Å². The van der Waals surface area contributed by atoms with Crippen LogP contribution in [0.15, 0.2) is 6.33 Å². The van der Waals surface area contributed by atoms with Crippen molar-refractivity contribution in [1.29, 1.82) is 0 Å². The van der Waals surface area contributed by atoms with Gasteiger partial charge in [-0.05, 0) is 25.2 Å². The lowest BCUT2D eigenvalue weighted by molar-refractivity contribution is 0.133. The maximum Gasteiger partial charge on any atom is 0.242 e. The van der Waals surface area contributed by atoms with E-state index < -0.39 is 0 Å². The van der Waals surface area contributed by atoms with Gasteiger partial charge in [-0.15, -0.1) is 0 Å². The highest BCUT2D eigenvalue weighted by atomic mass is 16.5. The molecule has 0 aromatic carbocycles. The van der Waals surface area contributed by atoms with Crippen LogP contribution in [0.3, 0.4) is 0 Å². The van der Waals surface area contributed by atoms with E-state index >= 15 is 0 Å². The summed E-state index contributed by atoms with van der Waals surface area (Å²) < 4.78 is 5.55. The van der Waals surface area contributed by atoms with Crippen molar-refractivity contribution in [3.63, 3.8) is 0 Å². The highest BCUT2D eigenvalue weighted by Crippen LogP contribution is 2.41. The van der Waals surface area contributed by atoms with Crippen LogP contribution in [0.2, 0.25) is 0 Å². The third-order valence-corrected chi connectivity index (χ3v) is 4.39. The number of ether oxygens (including phenoxy) is 1. The quantitative estimate of drug-likeness (QED) is 0.856. The first-order chi connectivity index (χ1) is 9.70. The van der Waals surface area contributed by atoms with Crippen molar-refractivity contribution in [1.82, 2.24) is 9.97 Å². The molecule has 3 unspecified atom stereocenters. The van der Waals surface area contributed by atoms with Gasteiger partial charge in [0.05, 0.1) is 12.7 Å². The summed E-state index contributed by atoms with van der Waals surface area (Å²) >= 11 is 0. The van der Waals surface area contributed by atoms with E-state index in [1.807, 2.05) is 6.92 Å². The van der Waals surface area contributed by atoms with Crippen LogP contribution in [-0.2, 0) is 0 Å². The first kappa shape index (κ1) is 13.4. The van der Waals surface area contributed by atoms with Crippen LogP contribution >= 0.6 is 0 Å². The minimum absolute atomic E-state index is 0.177. The zero-order valence-electron chi connectivity index (χ0n) is 11.8. The molecule has 2 heterocycles. The van der Waals surface area contributed by atoms with Gasteiger partial charge in [0.15, 0.2) is 5.82 Å². The molecule has 0 bridgehead atoms. The normalized spacial score (nSPS) is 28.7. The first-order valence-electron chi connectivity index (χ1n) is 7.37. The van der Waals surface area contributed by atoms with E-state index in [-0.39, 0.29) is 6.10 Å². The largest absolute Gasteiger partial charge is 0.476 e. The van der Waals surface area contributed by atoms with Crippen molar-refractivity contribution in [3.8, 4) is 5.88 Å². The van der Waals surface area contributed by atoms with E-state index in [0.29, 0.717) is 30.0 Å². The molecular formula is C14H22N4O2. The van der Waals surface area contributed by atoms with E-state index in [2.05, 4.69) is 14.9 Å². The highest BCUT2D eigenvalue weighted by Gasteiger charge is 2.42. The van der Waals surface area contributed by atoms with Crippen LogP contribution in [0.4, 0.5) is 11.5 Å². The predicted molar refractivity (Wildman–Crippen MR) is 76.7 cm³/mol. The Morgan fingerprint density at radius 3 is 3.00 bits per heavy atom. The van der Waals surface area contributed by atoms with Crippen molar-refractivity contribution in [2.45, 2.75) is 32.3 Å². The topological polar surface area (TPSA) is 84.5 Å². The molecule has 0 radical (unpaired) electrons. The third kappa shape index (κ3) is 2.28. The fourth-order valence-electron chi connectivity index (χ4n) is 3.35. The number of aromatic nitrogens is 2. The summed E-state index contributed by atoms with van der Waals surface area (Å²) in [5.74, 6) is 2.12. The summed E-state index contributed by atoms with van der Waals surface area (Å²) in [6, 6.07) is 0. The second-order valence-corrected chi connectivity index (χ2v) is 5.74. The molecule has 2 fully saturated rings. The number of nitrogens with two attached hydrogens (primary N) is 1. The zero-order chi connectivity index (χ0) is 14.1. The van der Waals surface area contributed by atoms with Gasteiger partial charge in [-0.2, -0.15) is 4.98 Å². The lowest BCUT2D eigenvalue weighted by Gasteiger charge is -2.21. The molecule has 110 valence electrons. The Morgan fingerprint density at radius 2 is 2.25 bits per heavy atom. The SMILES string of the molecule is CCCOc1ncnc(N2CC3CCC(O)C3C2)c1N. The molecule has 3 atom stereocenters. The molecule has 2 aliphatic rings. The van der Waals surface area contributed by atoms with Gasteiger partial charge in [0.25, 0.3) is 0 Å². The Morgan fingerprint density at radius 1 is 1.40 bits per heavy atom. The summed E-state index contributed by atoms with van der Waals surface area (Å²) in [5, 5.41) is 9.99. The average molecular weight is 278 g/mol. The van der Waals surface area contributed by atoms with Crippen molar-refractivity contribution in [3.05, 3.63) is 6.33 Å². The molecule has 6 heteroatoms. The summed E-state index contributed by atoms with van der Waals surface area (Å²) in [5.41, 5.74) is 6.64. The predicted octanol–water partition coefficient (Wildman–Crippen LogP) is 1.05. The number of rotatable bonds is 4. The molecule has 1 saturated heterocycles. The van der Waals surface area contributed by atoms with E-state index in [0.717, 1.165) is 38.2 Å². The van der Waals surface area contributed by atoms with Crippen LogP contribution < -0.4 is 15.4 Å². The van der Waals surface area contributed by atoms with E-state index in [1.165, 1.54) is 6.33 Å². The van der Waals surface area contributed by atoms with Crippen molar-refractivity contribution >= 4 is 11.5 Å². The summed E-state index contributed by atoms with van der Waals surface area (Å²) in [6.45, 7) is 4.38. The number of nitrogen functional groups attached to an aromatic ring is 1. The number of hydrogen-bond acceptors (Lipinski definition) is 6. The molecule has 0 spiro atoms. The molecule has 0 amide bonds. The van der Waals surface area contributed by atoms with Gasteiger partial charge in [-0.25, -0.2) is 4.98 Å². The molecule has 3 N–H and O–H groups in total. The maximum absolute atomic E-state index is 9.99. The monoisotopic (exact) mass is 278 g/mol. The number of anilines is 2. The van der Waals surface area contributed by atoms with Gasteiger partial charge in [0.1, 0.15) is 12.0 Å². The fourth-order valence-corrected chi connectivity index (χ4v) is 3.35. The smallest absolute Gasteiger partial charge is 0.242 e.